The first kappa shape index (κ1) is 12.6. The van der Waals surface area contributed by atoms with Crippen LogP contribution in [0.2, 0.25) is 0 Å². The van der Waals surface area contributed by atoms with Gasteiger partial charge in [-0.05, 0) is 12.0 Å². The summed E-state index contributed by atoms with van der Waals surface area (Å²) >= 11 is 0. The molecule has 5 nitrogen and oxygen atoms in total. The Bertz CT molecular complexity index is 432. The predicted octanol–water partition coefficient (Wildman–Crippen LogP) is 0.792. The predicted molar refractivity (Wildman–Crippen MR) is 63.8 cm³/mol. The van der Waals surface area contributed by atoms with Gasteiger partial charge in [0.05, 0.1) is 19.1 Å². The van der Waals surface area contributed by atoms with Gasteiger partial charge in [-0.25, -0.2) is 4.79 Å². The summed E-state index contributed by atoms with van der Waals surface area (Å²) in [6, 6.07) is 8.86. The quantitative estimate of drug-likeness (QED) is 0.809. The first-order valence-electron chi connectivity index (χ1n) is 5.81. The lowest BCUT2D eigenvalue weighted by atomic mass is 10.1. The highest BCUT2D eigenvalue weighted by Crippen LogP contribution is 2.16. The van der Waals surface area contributed by atoms with Crippen LogP contribution in [-0.4, -0.2) is 29.6 Å². The van der Waals surface area contributed by atoms with E-state index in [2.05, 4.69) is 5.32 Å². The number of rotatable bonds is 5. The monoisotopic (exact) mass is 249 g/mol. The Morgan fingerprint density at radius 2 is 2.11 bits per heavy atom. The Hall–Kier alpha value is -1.88. The van der Waals surface area contributed by atoms with E-state index in [4.69, 9.17) is 9.84 Å². The van der Waals surface area contributed by atoms with Crippen molar-refractivity contribution in [3.63, 3.8) is 0 Å². The van der Waals surface area contributed by atoms with Crippen LogP contribution in [0.1, 0.15) is 12.0 Å². The molecule has 0 aromatic heterocycles. The van der Waals surface area contributed by atoms with E-state index in [1.54, 1.807) is 0 Å². The lowest BCUT2D eigenvalue weighted by Crippen LogP contribution is -2.33. The summed E-state index contributed by atoms with van der Waals surface area (Å²) in [6.45, 7) is 0.687. The zero-order chi connectivity index (χ0) is 13.0. The molecule has 96 valence electrons. The largest absolute Gasteiger partial charge is 0.480 e. The molecule has 1 amide bonds. The zero-order valence-electron chi connectivity index (χ0n) is 9.83. The maximum atomic E-state index is 11.5. The van der Waals surface area contributed by atoms with E-state index in [1.807, 2.05) is 30.3 Å². The molecule has 2 N–H and O–H groups in total. The molecule has 0 spiro atoms. The number of aliphatic carboxylic acids is 1. The molecule has 1 aliphatic heterocycles. The second-order valence-electron chi connectivity index (χ2n) is 4.33. The molecular weight excluding hydrogens is 234 g/mol. The molecule has 1 heterocycles. The fraction of sp³-hybridized carbons (Fsp3) is 0.385. The summed E-state index contributed by atoms with van der Waals surface area (Å²) < 4.78 is 5.45. The summed E-state index contributed by atoms with van der Waals surface area (Å²) in [6.07, 6.45) is 0.295. The SMILES string of the molecule is O=C1NC(C(=O)O)CC1COCc1ccccc1. The van der Waals surface area contributed by atoms with Crippen molar-refractivity contribution in [2.45, 2.75) is 19.1 Å². The van der Waals surface area contributed by atoms with Crippen molar-refractivity contribution in [1.29, 1.82) is 0 Å². The topological polar surface area (TPSA) is 75.6 Å². The highest BCUT2D eigenvalue weighted by molar-refractivity contribution is 5.88. The van der Waals surface area contributed by atoms with Gasteiger partial charge in [-0.15, -0.1) is 0 Å². The molecule has 18 heavy (non-hydrogen) atoms. The van der Waals surface area contributed by atoms with Crippen molar-refractivity contribution in [3.05, 3.63) is 35.9 Å². The number of hydrogen-bond acceptors (Lipinski definition) is 3. The molecule has 1 aliphatic rings. The van der Waals surface area contributed by atoms with Gasteiger partial charge >= 0.3 is 5.97 Å². The minimum Gasteiger partial charge on any atom is -0.480 e. The van der Waals surface area contributed by atoms with Gasteiger partial charge in [0.2, 0.25) is 5.91 Å². The van der Waals surface area contributed by atoms with Gasteiger partial charge in [-0.2, -0.15) is 0 Å². The molecule has 1 aromatic rings. The molecule has 5 heteroatoms. The van der Waals surface area contributed by atoms with Crippen LogP contribution in [0.3, 0.4) is 0 Å². The van der Waals surface area contributed by atoms with Crippen molar-refractivity contribution in [2.24, 2.45) is 5.92 Å². The Morgan fingerprint density at radius 1 is 1.39 bits per heavy atom. The third kappa shape index (κ3) is 3.07. The Balaban J connectivity index is 1.78. The lowest BCUT2D eigenvalue weighted by Gasteiger charge is -2.08. The van der Waals surface area contributed by atoms with E-state index >= 15 is 0 Å². The van der Waals surface area contributed by atoms with Gasteiger partial charge in [0.25, 0.3) is 0 Å². The molecule has 1 saturated heterocycles. The van der Waals surface area contributed by atoms with Crippen molar-refractivity contribution in [2.75, 3.05) is 6.61 Å². The average molecular weight is 249 g/mol. The molecule has 0 bridgehead atoms. The summed E-state index contributed by atoms with van der Waals surface area (Å²) in [5.74, 6) is -1.60. The zero-order valence-corrected chi connectivity index (χ0v) is 9.83. The number of amides is 1. The van der Waals surface area contributed by atoms with Crippen molar-refractivity contribution in [1.82, 2.24) is 5.32 Å². The fourth-order valence-corrected chi connectivity index (χ4v) is 1.94. The Morgan fingerprint density at radius 3 is 2.72 bits per heavy atom. The molecule has 1 aromatic carbocycles. The standard InChI is InChI=1S/C13H15NO4/c15-12-10(6-11(14-12)13(16)17)8-18-7-9-4-2-1-3-5-9/h1-5,10-11H,6-8H2,(H,14,15)(H,16,17). The molecule has 2 unspecified atom stereocenters. The van der Waals surface area contributed by atoms with E-state index < -0.39 is 12.0 Å². The van der Waals surface area contributed by atoms with Gasteiger partial charge in [0.1, 0.15) is 6.04 Å². The Kier molecular flexibility index (Phi) is 3.94. The summed E-state index contributed by atoms with van der Waals surface area (Å²) in [5.41, 5.74) is 1.03. The number of benzene rings is 1. The number of carbonyl (C=O) groups excluding carboxylic acids is 1. The van der Waals surface area contributed by atoms with Gasteiger partial charge in [0, 0.05) is 0 Å². The third-order valence-corrected chi connectivity index (χ3v) is 2.94. The van der Waals surface area contributed by atoms with Crippen LogP contribution < -0.4 is 5.32 Å². The number of carboxylic acid groups (broad SMARTS) is 1. The summed E-state index contributed by atoms with van der Waals surface area (Å²) in [4.78, 5) is 22.2. The van der Waals surface area contributed by atoms with Crippen molar-refractivity contribution >= 4 is 11.9 Å². The van der Waals surface area contributed by atoms with Crippen LogP contribution in [0.25, 0.3) is 0 Å². The maximum Gasteiger partial charge on any atom is 0.326 e. The number of nitrogens with one attached hydrogen (secondary N) is 1. The van der Waals surface area contributed by atoms with Crippen LogP contribution >= 0.6 is 0 Å². The average Bonchev–Trinajstić information content (AvgIpc) is 2.73. The van der Waals surface area contributed by atoms with Crippen molar-refractivity contribution < 1.29 is 19.4 Å². The lowest BCUT2D eigenvalue weighted by molar-refractivity contribution is -0.140. The van der Waals surface area contributed by atoms with Crippen LogP contribution in [0.4, 0.5) is 0 Å². The smallest absolute Gasteiger partial charge is 0.326 e. The van der Waals surface area contributed by atoms with E-state index in [9.17, 15) is 9.59 Å². The van der Waals surface area contributed by atoms with Crippen molar-refractivity contribution in [3.8, 4) is 0 Å². The molecule has 1 fully saturated rings. The minimum absolute atomic E-state index is 0.240. The second kappa shape index (κ2) is 5.64. The third-order valence-electron chi connectivity index (χ3n) is 2.94. The van der Waals surface area contributed by atoms with Gasteiger partial charge in [-0.1, -0.05) is 30.3 Å². The van der Waals surface area contributed by atoms with Crippen LogP contribution in [0, 0.1) is 5.92 Å². The number of hydrogen-bond donors (Lipinski definition) is 2. The first-order chi connectivity index (χ1) is 8.66. The Labute approximate surface area is 105 Å². The minimum atomic E-state index is -0.992. The normalized spacial score (nSPS) is 22.8. The van der Waals surface area contributed by atoms with Crippen LogP contribution in [-0.2, 0) is 20.9 Å². The number of carboxylic acids is 1. The van der Waals surface area contributed by atoms with E-state index in [-0.39, 0.29) is 18.4 Å². The van der Waals surface area contributed by atoms with Gasteiger partial charge < -0.3 is 15.2 Å². The van der Waals surface area contributed by atoms with E-state index in [1.165, 1.54) is 0 Å². The molecule has 0 saturated carbocycles. The van der Waals surface area contributed by atoms with Gasteiger partial charge in [0.15, 0.2) is 0 Å². The highest BCUT2D eigenvalue weighted by atomic mass is 16.5. The maximum absolute atomic E-state index is 11.5. The molecule has 2 atom stereocenters. The second-order valence-corrected chi connectivity index (χ2v) is 4.33. The fourth-order valence-electron chi connectivity index (χ4n) is 1.94. The first-order valence-corrected chi connectivity index (χ1v) is 5.81. The number of carbonyl (C=O) groups is 2. The molecule has 2 rings (SSSR count). The number of ether oxygens (including phenoxy) is 1. The van der Waals surface area contributed by atoms with E-state index in [0.717, 1.165) is 5.56 Å². The van der Waals surface area contributed by atoms with Crippen LogP contribution in [0.15, 0.2) is 30.3 Å². The molecule has 0 aliphatic carbocycles. The molecule has 0 radical (unpaired) electrons. The summed E-state index contributed by atoms with van der Waals surface area (Å²) in [5, 5.41) is 11.2. The molecular formula is C13H15NO4. The van der Waals surface area contributed by atoms with E-state index in [0.29, 0.717) is 13.0 Å². The van der Waals surface area contributed by atoms with Crippen LogP contribution in [0.5, 0.6) is 0 Å². The van der Waals surface area contributed by atoms with Gasteiger partial charge in [-0.3, -0.25) is 4.79 Å². The highest BCUT2D eigenvalue weighted by Gasteiger charge is 2.35. The summed E-state index contributed by atoms with van der Waals surface area (Å²) in [7, 11) is 0.